The summed E-state index contributed by atoms with van der Waals surface area (Å²) in [4.78, 5) is 55.6. The second-order valence-corrected chi connectivity index (χ2v) is 12.4. The van der Waals surface area contributed by atoms with E-state index in [1.54, 1.807) is 18.9 Å². The van der Waals surface area contributed by atoms with Crippen LogP contribution >= 0.6 is 23.1 Å². The summed E-state index contributed by atoms with van der Waals surface area (Å²) in [6, 6.07) is 7.91. The summed E-state index contributed by atoms with van der Waals surface area (Å²) in [7, 11) is 1.65. The SMILES string of the molecule is COc1ccccc1[C@H]1c2sc(=O)[nH]c2S[C@@H]2[C@H]3C[C@@H]([C@@H]4C(=O)N(CCCCCC(=O)O)C(=O)[C@H]34)[C@@H]12. The number of carbonyl (C=O) groups excluding carboxylic acids is 2. The number of thioether (sulfide) groups is 1. The zero-order chi connectivity index (χ0) is 25.1. The molecule has 6 rings (SSSR count). The molecule has 7 atom stereocenters. The first-order valence-corrected chi connectivity index (χ1v) is 14.2. The summed E-state index contributed by atoms with van der Waals surface area (Å²) in [6.45, 7) is 0.364. The number of ether oxygens (including phenoxy) is 1. The fraction of sp³-hybridized carbons (Fsp3) is 0.538. The molecule has 1 aromatic heterocycles. The molecule has 2 bridgehead atoms. The van der Waals surface area contributed by atoms with E-state index in [0.29, 0.717) is 25.8 Å². The van der Waals surface area contributed by atoms with Gasteiger partial charge in [0.15, 0.2) is 0 Å². The Morgan fingerprint density at radius 1 is 1.11 bits per heavy atom. The largest absolute Gasteiger partial charge is 0.496 e. The molecule has 36 heavy (non-hydrogen) atoms. The fourth-order valence-electron chi connectivity index (χ4n) is 7.29. The topological polar surface area (TPSA) is 117 Å². The van der Waals surface area contributed by atoms with Gasteiger partial charge in [-0.3, -0.25) is 24.1 Å². The van der Waals surface area contributed by atoms with Gasteiger partial charge in [0.2, 0.25) is 11.8 Å². The number of thiazole rings is 1. The highest BCUT2D eigenvalue weighted by Crippen LogP contribution is 2.68. The van der Waals surface area contributed by atoms with Crippen molar-refractivity contribution < 1.29 is 24.2 Å². The number of rotatable bonds is 8. The summed E-state index contributed by atoms with van der Waals surface area (Å²) < 4.78 is 5.71. The third-order valence-corrected chi connectivity index (χ3v) is 11.1. The van der Waals surface area contributed by atoms with Crippen molar-refractivity contribution in [2.75, 3.05) is 13.7 Å². The Morgan fingerprint density at radius 3 is 2.61 bits per heavy atom. The van der Waals surface area contributed by atoms with Crippen molar-refractivity contribution in [3.63, 3.8) is 0 Å². The number of aromatic amines is 1. The number of carbonyl (C=O) groups is 3. The second kappa shape index (κ2) is 9.06. The van der Waals surface area contributed by atoms with Crippen molar-refractivity contribution in [1.29, 1.82) is 0 Å². The number of likely N-dealkylation sites (tertiary alicyclic amines) is 1. The quantitative estimate of drug-likeness (QED) is 0.397. The van der Waals surface area contributed by atoms with Gasteiger partial charge in [0, 0.05) is 34.6 Å². The van der Waals surface area contributed by atoms with E-state index in [1.807, 2.05) is 18.2 Å². The van der Waals surface area contributed by atoms with Crippen molar-refractivity contribution in [2.24, 2.45) is 29.6 Å². The van der Waals surface area contributed by atoms with Crippen LogP contribution in [0.4, 0.5) is 0 Å². The summed E-state index contributed by atoms with van der Waals surface area (Å²) in [6.07, 6.45) is 2.81. The fourth-order valence-corrected chi connectivity index (χ4v) is 10.2. The van der Waals surface area contributed by atoms with E-state index in [0.717, 1.165) is 27.6 Å². The zero-order valence-electron chi connectivity index (χ0n) is 19.8. The Hall–Kier alpha value is -2.59. The van der Waals surface area contributed by atoms with Gasteiger partial charge in [0.1, 0.15) is 5.75 Å². The molecule has 10 heteroatoms. The summed E-state index contributed by atoms with van der Waals surface area (Å²) >= 11 is 2.92. The molecule has 3 fully saturated rings. The number of imide groups is 1. The van der Waals surface area contributed by atoms with Crippen LogP contribution in [0.3, 0.4) is 0 Å². The lowest BCUT2D eigenvalue weighted by atomic mass is 9.68. The number of hydrogen-bond donors (Lipinski definition) is 2. The lowest BCUT2D eigenvalue weighted by Gasteiger charge is -2.43. The summed E-state index contributed by atoms with van der Waals surface area (Å²) in [5, 5.41) is 9.87. The number of H-pyrrole nitrogens is 1. The number of benzene rings is 1. The molecule has 4 aliphatic rings. The Kier molecular flexibility index (Phi) is 5.99. The van der Waals surface area contributed by atoms with E-state index < -0.39 is 5.97 Å². The molecule has 0 radical (unpaired) electrons. The predicted octanol–water partition coefficient (Wildman–Crippen LogP) is 3.56. The van der Waals surface area contributed by atoms with Gasteiger partial charge >= 0.3 is 10.8 Å². The highest BCUT2D eigenvalue weighted by molar-refractivity contribution is 8.00. The predicted molar refractivity (Wildman–Crippen MR) is 134 cm³/mol. The van der Waals surface area contributed by atoms with Gasteiger partial charge in [0.05, 0.1) is 24.0 Å². The van der Waals surface area contributed by atoms with Crippen molar-refractivity contribution in [3.8, 4) is 5.75 Å². The molecular weight excluding hydrogens is 500 g/mol. The Labute approximate surface area is 216 Å². The molecule has 2 amide bonds. The van der Waals surface area contributed by atoms with Crippen LogP contribution in [-0.2, 0) is 14.4 Å². The molecule has 0 spiro atoms. The molecular formula is C26H28N2O6S2. The molecule has 0 unspecified atom stereocenters. The van der Waals surface area contributed by atoms with Gasteiger partial charge in [-0.15, -0.1) is 11.8 Å². The minimum atomic E-state index is -0.825. The molecule has 2 aliphatic heterocycles. The number of aliphatic carboxylic acids is 1. The second-order valence-electron chi connectivity index (χ2n) is 10.2. The first kappa shape index (κ1) is 23.8. The third-order valence-electron chi connectivity index (χ3n) is 8.56. The van der Waals surface area contributed by atoms with E-state index in [4.69, 9.17) is 9.84 Å². The highest BCUT2D eigenvalue weighted by Gasteiger charge is 2.69. The summed E-state index contributed by atoms with van der Waals surface area (Å²) in [5.41, 5.74) is 1.03. The molecule has 2 aliphatic carbocycles. The van der Waals surface area contributed by atoms with E-state index in [2.05, 4.69) is 11.1 Å². The number of aromatic nitrogens is 1. The van der Waals surface area contributed by atoms with E-state index in [1.165, 1.54) is 16.2 Å². The normalized spacial score (nSPS) is 31.9. The molecule has 190 valence electrons. The van der Waals surface area contributed by atoms with Gasteiger partial charge in [-0.2, -0.15) is 0 Å². The number of hydrogen-bond acceptors (Lipinski definition) is 7. The van der Waals surface area contributed by atoms with Crippen LogP contribution in [0.15, 0.2) is 34.1 Å². The van der Waals surface area contributed by atoms with Gasteiger partial charge in [-0.1, -0.05) is 36.0 Å². The molecule has 2 N–H and O–H groups in total. The average Bonchev–Trinajstić information content (AvgIpc) is 3.58. The number of fused-ring (bicyclic) bond motifs is 9. The number of carboxylic acid groups (broad SMARTS) is 1. The molecule has 1 saturated heterocycles. The lowest BCUT2D eigenvalue weighted by Crippen LogP contribution is -2.42. The van der Waals surface area contributed by atoms with Crippen LogP contribution in [0.5, 0.6) is 5.75 Å². The van der Waals surface area contributed by atoms with Crippen LogP contribution in [0.2, 0.25) is 0 Å². The van der Waals surface area contributed by atoms with Crippen molar-refractivity contribution in [1.82, 2.24) is 9.88 Å². The number of unbranched alkanes of at least 4 members (excludes halogenated alkanes) is 2. The highest BCUT2D eigenvalue weighted by atomic mass is 32.2. The lowest BCUT2D eigenvalue weighted by molar-refractivity contribution is -0.141. The van der Waals surface area contributed by atoms with Crippen LogP contribution in [-0.4, -0.2) is 51.7 Å². The third kappa shape index (κ3) is 3.55. The van der Waals surface area contributed by atoms with Gasteiger partial charge < -0.3 is 14.8 Å². The number of methoxy groups -OCH3 is 1. The molecule has 3 heterocycles. The first-order valence-electron chi connectivity index (χ1n) is 12.5. The van der Waals surface area contributed by atoms with E-state index in [-0.39, 0.29) is 63.9 Å². The molecule has 2 saturated carbocycles. The molecule has 8 nitrogen and oxygen atoms in total. The van der Waals surface area contributed by atoms with Gasteiger partial charge in [-0.25, -0.2) is 0 Å². The number of nitrogens with zero attached hydrogens (tertiary/aromatic N) is 1. The maximum atomic E-state index is 13.6. The van der Waals surface area contributed by atoms with E-state index >= 15 is 0 Å². The minimum absolute atomic E-state index is 0.0599. The number of carboxylic acids is 1. The number of amides is 2. The van der Waals surface area contributed by atoms with Crippen LogP contribution in [0.25, 0.3) is 0 Å². The number of para-hydroxylation sites is 1. The van der Waals surface area contributed by atoms with Crippen LogP contribution < -0.4 is 9.61 Å². The van der Waals surface area contributed by atoms with Crippen LogP contribution in [0, 0.1) is 29.6 Å². The Balaban J connectivity index is 1.31. The van der Waals surface area contributed by atoms with Crippen LogP contribution in [0.1, 0.15) is 48.5 Å². The summed E-state index contributed by atoms with van der Waals surface area (Å²) in [5.74, 6) is -0.523. The Morgan fingerprint density at radius 2 is 1.86 bits per heavy atom. The van der Waals surface area contributed by atoms with E-state index in [9.17, 15) is 19.2 Å². The maximum absolute atomic E-state index is 13.6. The first-order chi connectivity index (χ1) is 17.4. The monoisotopic (exact) mass is 528 g/mol. The van der Waals surface area contributed by atoms with Crippen molar-refractivity contribution in [3.05, 3.63) is 44.4 Å². The maximum Gasteiger partial charge on any atom is 0.305 e. The minimum Gasteiger partial charge on any atom is -0.496 e. The van der Waals surface area contributed by atoms with Gasteiger partial charge in [0.25, 0.3) is 0 Å². The zero-order valence-corrected chi connectivity index (χ0v) is 21.5. The molecule has 1 aromatic carbocycles. The smallest absolute Gasteiger partial charge is 0.305 e. The standard InChI is InChI=1S/C26H28N2O6S2/c1-34-15-8-5-4-7-12(15)17-18-13-11-14(21(18)35-23-22(17)36-26(33)27-23)20-19(13)24(31)28(25(20)32)10-6-2-3-9-16(29)30/h4-5,7-8,13-14,17-21H,2-3,6,9-11H2,1H3,(H,27,33)(H,29,30)/t13-,14+,17-,18+,19+,20-,21-/m1/s1. The average molecular weight is 529 g/mol. The number of nitrogens with one attached hydrogen (secondary N) is 1. The molecule has 2 aromatic rings. The van der Waals surface area contributed by atoms with Crippen molar-refractivity contribution in [2.45, 2.75) is 48.3 Å². The van der Waals surface area contributed by atoms with Gasteiger partial charge in [-0.05, 0) is 43.1 Å². The van der Waals surface area contributed by atoms with Crippen molar-refractivity contribution >= 4 is 40.9 Å². The Bertz CT molecular complexity index is 1290.